The van der Waals surface area contributed by atoms with Crippen molar-refractivity contribution in [2.75, 3.05) is 56.9 Å². The molecule has 56 heavy (non-hydrogen) atoms. The van der Waals surface area contributed by atoms with Crippen molar-refractivity contribution in [3.05, 3.63) is 70.8 Å². The maximum Gasteiger partial charge on any atom is 0.303 e. The van der Waals surface area contributed by atoms with Crippen molar-refractivity contribution in [2.24, 2.45) is 0 Å². The molecule has 2 unspecified atom stereocenters. The second kappa shape index (κ2) is 16.7. The fourth-order valence-electron chi connectivity index (χ4n) is 7.43. The summed E-state index contributed by atoms with van der Waals surface area (Å²) in [6, 6.07) is 14.3. The fourth-order valence-corrected chi connectivity index (χ4v) is 7.43. The number of carbonyl (C=O) groups is 2. The Morgan fingerprint density at radius 3 is 1.46 bits per heavy atom. The fraction of sp³-hybridized carbons (Fsp3) is 0.381. The average Bonchev–Trinajstić information content (AvgIpc) is 3.20. The highest BCUT2D eigenvalue weighted by molar-refractivity contribution is 5.86. The van der Waals surface area contributed by atoms with Gasteiger partial charge in [0.15, 0.2) is 46.7 Å². The molecule has 0 amide bonds. The number of hydrogen-bond acceptors (Lipinski definition) is 14. The minimum Gasteiger partial charge on any atom is -0.496 e. The summed E-state index contributed by atoms with van der Waals surface area (Å²) >= 11 is 0. The van der Waals surface area contributed by atoms with E-state index in [4.69, 9.17) is 56.8 Å². The Morgan fingerprint density at radius 2 is 1.00 bits per heavy atom. The van der Waals surface area contributed by atoms with Crippen LogP contribution < -0.4 is 47.4 Å². The molecule has 6 rings (SSSR count). The maximum absolute atomic E-state index is 12.6. The summed E-state index contributed by atoms with van der Waals surface area (Å²) in [5.41, 5.74) is 3.78. The van der Waals surface area contributed by atoms with Gasteiger partial charge in [-0.2, -0.15) is 0 Å². The molecule has 0 radical (unpaired) electrons. The van der Waals surface area contributed by atoms with Gasteiger partial charge in [-0.1, -0.05) is 12.1 Å². The van der Waals surface area contributed by atoms with Crippen LogP contribution in [0.5, 0.6) is 57.5 Å². The lowest BCUT2D eigenvalue weighted by molar-refractivity contribution is -0.153. The van der Waals surface area contributed by atoms with E-state index in [9.17, 15) is 9.59 Å². The third-order valence-electron chi connectivity index (χ3n) is 9.82. The average molecular weight is 775 g/mol. The molecule has 0 saturated heterocycles. The van der Waals surface area contributed by atoms with Crippen LogP contribution in [-0.2, 0) is 31.9 Å². The van der Waals surface area contributed by atoms with E-state index >= 15 is 0 Å². The Kier molecular flexibility index (Phi) is 11.8. The highest BCUT2D eigenvalue weighted by atomic mass is 16.6. The first-order valence-corrected chi connectivity index (χ1v) is 17.7. The Hall–Kier alpha value is -6.18. The van der Waals surface area contributed by atoms with Crippen molar-refractivity contribution in [2.45, 2.75) is 51.1 Å². The van der Waals surface area contributed by atoms with Crippen LogP contribution in [0.25, 0.3) is 11.1 Å². The highest BCUT2D eigenvalue weighted by Crippen LogP contribution is 2.56. The van der Waals surface area contributed by atoms with Gasteiger partial charge >= 0.3 is 11.9 Å². The molecule has 0 N–H and O–H groups in total. The van der Waals surface area contributed by atoms with E-state index in [1.807, 2.05) is 12.1 Å². The van der Waals surface area contributed by atoms with Crippen molar-refractivity contribution in [1.29, 1.82) is 0 Å². The van der Waals surface area contributed by atoms with Crippen LogP contribution in [0.1, 0.15) is 48.3 Å². The molecule has 0 aromatic heterocycles. The zero-order chi connectivity index (χ0) is 40.3. The van der Waals surface area contributed by atoms with Gasteiger partial charge in [0.25, 0.3) is 0 Å². The van der Waals surface area contributed by atoms with Crippen molar-refractivity contribution >= 4 is 11.9 Å². The number of carbonyl (C=O) groups excluding carboxylic acids is 2. The standard InChI is InChI=1S/C42H46O14/c1-21(43)53-35-18-26-25(17-34(50-8)42(52-10)41(26)56-39(35)24-12-14-29(46-4)32(16-24)48-6)37-33(49-7)20-30-27(40(37)51-9)19-36(54-22(2)44)38(55-30)23-11-13-28(45-3)31(15-23)47-5/h11-17,20,35-36,38-39H,18-19H2,1-10H3/t35-,36-,38?,39?/m1/s1. The molecule has 4 atom stereocenters. The smallest absolute Gasteiger partial charge is 0.303 e. The molecular weight excluding hydrogens is 728 g/mol. The van der Waals surface area contributed by atoms with Crippen molar-refractivity contribution in [3.63, 3.8) is 0 Å². The van der Waals surface area contributed by atoms with Crippen LogP contribution in [0, 0.1) is 0 Å². The number of benzene rings is 4. The summed E-state index contributed by atoms with van der Waals surface area (Å²) in [6.07, 6.45) is -2.63. The molecule has 14 heteroatoms. The van der Waals surface area contributed by atoms with Gasteiger partial charge < -0.3 is 56.8 Å². The topological polar surface area (TPSA) is 145 Å². The predicted octanol–water partition coefficient (Wildman–Crippen LogP) is 6.64. The van der Waals surface area contributed by atoms with Gasteiger partial charge in [-0.3, -0.25) is 9.59 Å². The molecule has 2 heterocycles. The number of methoxy groups -OCH3 is 8. The van der Waals surface area contributed by atoms with Crippen molar-refractivity contribution < 1.29 is 66.4 Å². The molecule has 298 valence electrons. The molecule has 0 fully saturated rings. The molecule has 4 aromatic rings. The Balaban J connectivity index is 1.55. The number of hydrogen-bond donors (Lipinski definition) is 0. The monoisotopic (exact) mass is 774 g/mol. The van der Waals surface area contributed by atoms with E-state index < -0.39 is 36.4 Å². The third-order valence-corrected chi connectivity index (χ3v) is 9.82. The van der Waals surface area contributed by atoms with E-state index in [2.05, 4.69) is 0 Å². The van der Waals surface area contributed by atoms with Crippen LogP contribution in [0.3, 0.4) is 0 Å². The first-order valence-electron chi connectivity index (χ1n) is 17.7. The van der Waals surface area contributed by atoms with E-state index in [1.54, 1.807) is 64.8 Å². The van der Waals surface area contributed by atoms with Gasteiger partial charge in [0.1, 0.15) is 29.5 Å². The number of fused-ring (bicyclic) bond motifs is 2. The first-order chi connectivity index (χ1) is 27.0. The summed E-state index contributed by atoms with van der Waals surface area (Å²) in [5, 5.41) is 0. The normalized spacial score (nSPS) is 18.1. The van der Waals surface area contributed by atoms with Crippen LogP contribution in [0.2, 0.25) is 0 Å². The van der Waals surface area contributed by atoms with Gasteiger partial charge in [0, 0.05) is 60.6 Å². The van der Waals surface area contributed by atoms with Crippen LogP contribution in [-0.4, -0.2) is 81.0 Å². The molecule has 2 aliphatic heterocycles. The second-order valence-electron chi connectivity index (χ2n) is 12.9. The van der Waals surface area contributed by atoms with E-state index in [0.29, 0.717) is 90.9 Å². The van der Waals surface area contributed by atoms with Gasteiger partial charge in [-0.25, -0.2) is 0 Å². The largest absolute Gasteiger partial charge is 0.496 e. The van der Waals surface area contributed by atoms with Crippen molar-refractivity contribution in [1.82, 2.24) is 0 Å². The molecule has 0 aliphatic carbocycles. The summed E-state index contributed by atoms with van der Waals surface area (Å²) in [5.74, 6) is 3.41. The van der Waals surface area contributed by atoms with Crippen LogP contribution in [0.4, 0.5) is 0 Å². The first kappa shape index (κ1) is 39.5. The molecule has 2 aliphatic rings. The van der Waals surface area contributed by atoms with Gasteiger partial charge in [-0.15, -0.1) is 0 Å². The van der Waals surface area contributed by atoms with E-state index in [1.165, 1.54) is 42.3 Å². The molecule has 0 saturated carbocycles. The summed E-state index contributed by atoms with van der Waals surface area (Å²) < 4.78 is 71.3. The van der Waals surface area contributed by atoms with Crippen LogP contribution in [0.15, 0.2) is 48.5 Å². The molecule has 0 spiro atoms. The Labute approximate surface area is 325 Å². The molecule has 0 bridgehead atoms. The number of ether oxygens (including phenoxy) is 12. The molecule has 4 aromatic carbocycles. The lowest BCUT2D eigenvalue weighted by Crippen LogP contribution is -2.35. The quantitative estimate of drug-likeness (QED) is 0.134. The zero-order valence-corrected chi connectivity index (χ0v) is 33.1. The summed E-state index contributed by atoms with van der Waals surface area (Å²) in [4.78, 5) is 25.1. The summed E-state index contributed by atoms with van der Waals surface area (Å²) in [6.45, 7) is 2.70. The minimum atomic E-state index is -0.788. The van der Waals surface area contributed by atoms with Crippen molar-refractivity contribution in [3.8, 4) is 68.6 Å². The lowest BCUT2D eigenvalue weighted by Gasteiger charge is -2.37. The van der Waals surface area contributed by atoms with Gasteiger partial charge in [-0.05, 0) is 30.3 Å². The van der Waals surface area contributed by atoms with Crippen LogP contribution >= 0.6 is 0 Å². The van der Waals surface area contributed by atoms with Gasteiger partial charge in [0.05, 0.1) is 62.4 Å². The summed E-state index contributed by atoms with van der Waals surface area (Å²) in [7, 11) is 12.3. The SMILES string of the molecule is COc1ccc(C2Oc3cc(OC)c(-c4cc(OC)c(OC)c5c4C[C@@H](OC(C)=O)C(c4ccc(OC)c(OC)c4)O5)c(OC)c3C[C@H]2OC(C)=O)cc1OC. The minimum absolute atomic E-state index is 0.195. The predicted molar refractivity (Wildman–Crippen MR) is 202 cm³/mol. The zero-order valence-electron chi connectivity index (χ0n) is 33.1. The van der Waals surface area contributed by atoms with E-state index in [-0.39, 0.29) is 12.8 Å². The number of rotatable bonds is 13. The maximum atomic E-state index is 12.6. The lowest BCUT2D eigenvalue weighted by atomic mass is 9.85. The third kappa shape index (κ3) is 7.30. The highest BCUT2D eigenvalue weighted by Gasteiger charge is 2.42. The molecular formula is C42H46O14. The van der Waals surface area contributed by atoms with E-state index in [0.717, 1.165) is 0 Å². The second-order valence-corrected chi connectivity index (χ2v) is 12.9. The Bertz CT molecular complexity index is 2110. The van der Waals surface area contributed by atoms with Gasteiger partial charge in [0.2, 0.25) is 5.75 Å². The molecule has 14 nitrogen and oxygen atoms in total. The Morgan fingerprint density at radius 1 is 0.518 bits per heavy atom. The number of esters is 2.